The third kappa shape index (κ3) is 3.61. The van der Waals surface area contributed by atoms with E-state index in [1.807, 2.05) is 13.8 Å². The molecule has 20 heavy (non-hydrogen) atoms. The van der Waals surface area contributed by atoms with Gasteiger partial charge < -0.3 is 24.4 Å². The van der Waals surface area contributed by atoms with Crippen LogP contribution < -0.4 is 0 Å². The maximum absolute atomic E-state index is 12.6. The number of carboxylic acid groups (broad SMARTS) is 1. The molecule has 1 unspecified atom stereocenters. The van der Waals surface area contributed by atoms with Crippen molar-refractivity contribution in [2.45, 2.75) is 31.9 Å². The van der Waals surface area contributed by atoms with Crippen LogP contribution in [-0.2, 0) is 14.3 Å². The minimum Gasteiger partial charge on any atom is -0.481 e. The van der Waals surface area contributed by atoms with Crippen molar-refractivity contribution in [3.05, 3.63) is 0 Å². The molecule has 2 rings (SSSR count). The summed E-state index contributed by atoms with van der Waals surface area (Å²) in [4.78, 5) is 26.8. The van der Waals surface area contributed by atoms with E-state index < -0.39 is 5.97 Å². The number of morpholine rings is 2. The van der Waals surface area contributed by atoms with Gasteiger partial charge in [0.15, 0.2) is 0 Å². The first-order valence-corrected chi connectivity index (χ1v) is 6.88. The lowest BCUT2D eigenvalue weighted by atomic mass is 10.1. The maximum Gasteiger partial charge on any atom is 0.320 e. The minimum absolute atomic E-state index is 0.0839. The Kier molecular flexibility index (Phi) is 4.49. The zero-order valence-corrected chi connectivity index (χ0v) is 12.0. The highest BCUT2D eigenvalue weighted by Gasteiger charge is 2.36. The Bertz CT molecular complexity index is 385. The quantitative estimate of drug-likeness (QED) is 0.794. The monoisotopic (exact) mass is 286 g/mol. The summed E-state index contributed by atoms with van der Waals surface area (Å²) in [6, 6.07) is -0.504. The molecular weight excluding hydrogens is 264 g/mol. The van der Waals surface area contributed by atoms with Gasteiger partial charge in [-0.1, -0.05) is 0 Å². The van der Waals surface area contributed by atoms with E-state index in [-0.39, 0.29) is 30.7 Å². The highest BCUT2D eigenvalue weighted by Crippen LogP contribution is 2.20. The lowest BCUT2D eigenvalue weighted by molar-refractivity contribution is -0.139. The van der Waals surface area contributed by atoms with Crippen LogP contribution in [0.3, 0.4) is 0 Å². The smallest absolute Gasteiger partial charge is 0.320 e. The van der Waals surface area contributed by atoms with Gasteiger partial charge in [-0.25, -0.2) is 4.79 Å². The number of carboxylic acids is 1. The molecule has 0 aromatic carbocycles. The maximum atomic E-state index is 12.6. The van der Waals surface area contributed by atoms with Crippen LogP contribution in [0.5, 0.6) is 0 Å². The highest BCUT2D eigenvalue weighted by atomic mass is 16.5. The Labute approximate surface area is 118 Å². The summed E-state index contributed by atoms with van der Waals surface area (Å²) >= 11 is 0. The zero-order chi connectivity index (χ0) is 14.8. The Hall–Kier alpha value is -1.34. The van der Waals surface area contributed by atoms with Gasteiger partial charge in [0.05, 0.1) is 44.4 Å². The van der Waals surface area contributed by atoms with Gasteiger partial charge in [-0.3, -0.25) is 4.79 Å². The molecule has 0 radical (unpaired) electrons. The van der Waals surface area contributed by atoms with Gasteiger partial charge >= 0.3 is 12.0 Å². The van der Waals surface area contributed by atoms with Crippen molar-refractivity contribution < 1.29 is 24.2 Å². The Balaban J connectivity index is 2.03. The molecule has 2 amide bonds. The average Bonchev–Trinajstić information content (AvgIpc) is 2.36. The zero-order valence-electron chi connectivity index (χ0n) is 12.0. The van der Waals surface area contributed by atoms with E-state index >= 15 is 0 Å². The number of amides is 2. The third-order valence-electron chi connectivity index (χ3n) is 3.58. The summed E-state index contributed by atoms with van der Waals surface area (Å²) < 4.78 is 10.9. The molecule has 0 spiro atoms. The van der Waals surface area contributed by atoms with Gasteiger partial charge in [-0.05, 0) is 13.8 Å². The first-order chi connectivity index (χ1) is 9.39. The van der Waals surface area contributed by atoms with Crippen molar-refractivity contribution in [2.24, 2.45) is 0 Å². The van der Waals surface area contributed by atoms with Crippen LogP contribution in [0.15, 0.2) is 0 Å². The molecule has 2 saturated heterocycles. The number of aliphatic carboxylic acids is 1. The number of nitrogens with zero attached hydrogens (tertiary/aromatic N) is 2. The molecule has 0 aromatic heterocycles. The molecule has 2 heterocycles. The molecular formula is C13H22N2O5. The number of ether oxygens (including phenoxy) is 2. The Morgan fingerprint density at radius 1 is 1.30 bits per heavy atom. The van der Waals surface area contributed by atoms with E-state index in [4.69, 9.17) is 14.6 Å². The number of rotatable bonds is 2. The molecule has 2 aliphatic heterocycles. The summed E-state index contributed by atoms with van der Waals surface area (Å²) in [7, 11) is 0. The van der Waals surface area contributed by atoms with Crippen LogP contribution in [0.25, 0.3) is 0 Å². The fourth-order valence-electron chi connectivity index (χ4n) is 2.64. The lowest BCUT2D eigenvalue weighted by Crippen LogP contribution is -2.59. The second-order valence-electron chi connectivity index (χ2n) is 5.83. The standard InChI is InChI=1S/C13H22N2O5/c1-13(2)9-14(3-6-20-13)12(18)15-4-5-19-8-10(15)7-11(16)17/h10H,3-9H2,1-2H3,(H,16,17). The molecule has 114 valence electrons. The number of hydrogen-bond donors (Lipinski definition) is 1. The van der Waals surface area contributed by atoms with E-state index in [1.165, 1.54) is 0 Å². The number of carbonyl (C=O) groups excluding carboxylic acids is 1. The van der Waals surface area contributed by atoms with Gasteiger partial charge in [-0.2, -0.15) is 0 Å². The topological polar surface area (TPSA) is 79.3 Å². The fraction of sp³-hybridized carbons (Fsp3) is 0.846. The van der Waals surface area contributed by atoms with Crippen LogP contribution in [0.1, 0.15) is 20.3 Å². The summed E-state index contributed by atoms with van der Waals surface area (Å²) in [5.41, 5.74) is -0.359. The largest absolute Gasteiger partial charge is 0.481 e. The molecule has 0 bridgehead atoms. The predicted molar refractivity (Wildman–Crippen MR) is 70.6 cm³/mol. The van der Waals surface area contributed by atoms with Crippen molar-refractivity contribution >= 4 is 12.0 Å². The second-order valence-corrected chi connectivity index (χ2v) is 5.83. The van der Waals surface area contributed by atoms with Crippen molar-refractivity contribution in [2.75, 3.05) is 39.5 Å². The number of urea groups is 1. The van der Waals surface area contributed by atoms with Crippen molar-refractivity contribution in [3.8, 4) is 0 Å². The highest BCUT2D eigenvalue weighted by molar-refractivity contribution is 5.76. The average molecular weight is 286 g/mol. The molecule has 7 nitrogen and oxygen atoms in total. The molecule has 0 saturated carbocycles. The van der Waals surface area contributed by atoms with Gasteiger partial charge in [0.2, 0.25) is 0 Å². The normalized spacial score (nSPS) is 26.4. The van der Waals surface area contributed by atoms with E-state index in [0.717, 1.165) is 0 Å². The predicted octanol–water partition coefficient (Wildman–Crippen LogP) is 0.393. The molecule has 2 aliphatic rings. The van der Waals surface area contributed by atoms with E-state index in [2.05, 4.69) is 0 Å². The minimum atomic E-state index is -0.916. The van der Waals surface area contributed by atoms with Crippen molar-refractivity contribution in [3.63, 3.8) is 0 Å². The summed E-state index contributed by atoms with van der Waals surface area (Å²) in [6.07, 6.45) is -0.0839. The van der Waals surface area contributed by atoms with Gasteiger partial charge in [0, 0.05) is 13.1 Å². The SMILES string of the molecule is CC1(C)CN(C(=O)N2CCOCC2CC(=O)O)CCO1. The van der Waals surface area contributed by atoms with Crippen LogP contribution in [0, 0.1) is 0 Å². The van der Waals surface area contributed by atoms with Crippen molar-refractivity contribution in [1.82, 2.24) is 9.80 Å². The first kappa shape index (κ1) is 15.1. The van der Waals surface area contributed by atoms with Crippen LogP contribution in [-0.4, -0.2) is 78.0 Å². The summed E-state index contributed by atoms with van der Waals surface area (Å²) in [5, 5.41) is 8.93. The van der Waals surface area contributed by atoms with Gasteiger partial charge in [-0.15, -0.1) is 0 Å². The fourth-order valence-corrected chi connectivity index (χ4v) is 2.64. The molecule has 0 aromatic rings. The molecule has 1 N–H and O–H groups in total. The van der Waals surface area contributed by atoms with E-state index in [1.54, 1.807) is 9.80 Å². The van der Waals surface area contributed by atoms with Crippen LogP contribution in [0.2, 0.25) is 0 Å². The van der Waals surface area contributed by atoms with E-state index in [0.29, 0.717) is 32.8 Å². The Morgan fingerprint density at radius 2 is 2.05 bits per heavy atom. The molecule has 1 atom stereocenters. The lowest BCUT2D eigenvalue weighted by Gasteiger charge is -2.43. The third-order valence-corrected chi connectivity index (χ3v) is 3.58. The Morgan fingerprint density at radius 3 is 2.70 bits per heavy atom. The van der Waals surface area contributed by atoms with Gasteiger partial charge in [0.25, 0.3) is 0 Å². The van der Waals surface area contributed by atoms with Crippen molar-refractivity contribution in [1.29, 1.82) is 0 Å². The second kappa shape index (κ2) is 5.97. The van der Waals surface area contributed by atoms with E-state index in [9.17, 15) is 9.59 Å². The number of carbonyl (C=O) groups is 2. The molecule has 7 heteroatoms. The first-order valence-electron chi connectivity index (χ1n) is 6.88. The summed E-state index contributed by atoms with van der Waals surface area (Å²) in [6.45, 7) is 6.63. The van der Waals surface area contributed by atoms with Crippen LogP contribution >= 0.6 is 0 Å². The van der Waals surface area contributed by atoms with Gasteiger partial charge in [0.1, 0.15) is 0 Å². The van der Waals surface area contributed by atoms with Crippen LogP contribution in [0.4, 0.5) is 4.79 Å². The number of hydrogen-bond acceptors (Lipinski definition) is 4. The summed E-state index contributed by atoms with van der Waals surface area (Å²) in [5.74, 6) is -0.916. The molecule has 2 fully saturated rings. The molecule has 0 aliphatic carbocycles.